The molecule has 2 heterocycles. The summed E-state index contributed by atoms with van der Waals surface area (Å²) in [7, 11) is 0. The number of aromatic nitrogens is 2. The van der Waals surface area contributed by atoms with Gasteiger partial charge in [0.05, 0.1) is 6.61 Å². The van der Waals surface area contributed by atoms with Crippen LogP contribution in [0.1, 0.15) is 6.23 Å². The summed E-state index contributed by atoms with van der Waals surface area (Å²) in [5.41, 5.74) is 4.89. The molecule has 1 aromatic heterocycles. The van der Waals surface area contributed by atoms with Gasteiger partial charge in [0.1, 0.15) is 11.9 Å². The zero-order chi connectivity index (χ0) is 10.8. The Morgan fingerprint density at radius 3 is 3.00 bits per heavy atom. The third-order valence-electron chi connectivity index (χ3n) is 2.11. The Morgan fingerprint density at radius 1 is 1.60 bits per heavy atom. The van der Waals surface area contributed by atoms with Crippen LogP contribution in [0.5, 0.6) is 0 Å². The normalized spacial score (nSPS) is 24.6. The van der Waals surface area contributed by atoms with Crippen LogP contribution in [0.25, 0.3) is 0 Å². The van der Waals surface area contributed by atoms with Gasteiger partial charge < -0.3 is 15.6 Å². The van der Waals surface area contributed by atoms with Crippen molar-refractivity contribution in [2.75, 3.05) is 12.3 Å². The molecule has 0 aromatic carbocycles. The Hall–Kier alpha value is -1.66. The van der Waals surface area contributed by atoms with Crippen LogP contribution in [0, 0.1) is 0 Å². The van der Waals surface area contributed by atoms with E-state index >= 15 is 0 Å². The fourth-order valence-electron chi connectivity index (χ4n) is 1.37. The maximum absolute atomic E-state index is 11.4. The summed E-state index contributed by atoms with van der Waals surface area (Å²) in [6.07, 6.45) is 4.04. The first-order valence-electron chi connectivity index (χ1n) is 4.50. The number of ether oxygens (including phenoxy) is 1. The van der Waals surface area contributed by atoms with Gasteiger partial charge in [-0.2, -0.15) is 4.98 Å². The van der Waals surface area contributed by atoms with Crippen molar-refractivity contribution >= 4 is 5.82 Å². The minimum Gasteiger partial charge on any atom is -0.393 e. The topological polar surface area (TPSA) is 90.4 Å². The number of rotatable bonds is 2. The van der Waals surface area contributed by atoms with E-state index in [0.29, 0.717) is 0 Å². The number of anilines is 1. The molecule has 3 N–H and O–H groups in total. The second kappa shape index (κ2) is 3.84. The lowest BCUT2D eigenvalue weighted by Crippen LogP contribution is -2.28. The van der Waals surface area contributed by atoms with Gasteiger partial charge in [-0.3, -0.25) is 4.57 Å². The number of hydrogen-bond donors (Lipinski definition) is 2. The van der Waals surface area contributed by atoms with Crippen molar-refractivity contribution < 1.29 is 9.84 Å². The summed E-state index contributed by atoms with van der Waals surface area (Å²) in [5.74, 6) is 0.178. The van der Waals surface area contributed by atoms with Crippen molar-refractivity contribution in [2.24, 2.45) is 0 Å². The van der Waals surface area contributed by atoms with Crippen LogP contribution in [-0.4, -0.2) is 27.4 Å². The van der Waals surface area contributed by atoms with E-state index in [9.17, 15) is 4.79 Å². The van der Waals surface area contributed by atoms with Crippen molar-refractivity contribution in [1.82, 2.24) is 9.55 Å². The number of aliphatic hydroxyl groups excluding tert-OH is 1. The Morgan fingerprint density at radius 2 is 2.40 bits per heavy atom. The number of nitrogens with two attached hydrogens (primary N) is 1. The van der Waals surface area contributed by atoms with Crippen molar-refractivity contribution in [3.8, 4) is 0 Å². The van der Waals surface area contributed by atoms with E-state index < -0.39 is 11.9 Å². The number of nitrogen functional groups attached to an aromatic ring is 1. The SMILES string of the molecule is Nc1ccn([C@H]2C=CC(CO)O2)c(=O)n1. The van der Waals surface area contributed by atoms with Crippen LogP contribution in [0.2, 0.25) is 0 Å². The third-order valence-corrected chi connectivity index (χ3v) is 2.11. The first kappa shape index (κ1) is 9.88. The van der Waals surface area contributed by atoms with Crippen LogP contribution in [0.3, 0.4) is 0 Å². The highest BCUT2D eigenvalue weighted by molar-refractivity contribution is 5.23. The minimum atomic E-state index is -0.511. The molecule has 1 unspecified atom stereocenters. The Kier molecular flexibility index (Phi) is 2.53. The zero-order valence-corrected chi connectivity index (χ0v) is 7.91. The lowest BCUT2D eigenvalue weighted by Gasteiger charge is -2.14. The highest BCUT2D eigenvalue weighted by Crippen LogP contribution is 2.18. The van der Waals surface area contributed by atoms with E-state index in [-0.39, 0.29) is 18.5 Å². The molecule has 2 atom stereocenters. The molecule has 6 heteroatoms. The molecule has 80 valence electrons. The van der Waals surface area contributed by atoms with Crippen molar-refractivity contribution in [3.05, 3.63) is 34.9 Å². The van der Waals surface area contributed by atoms with E-state index in [4.69, 9.17) is 15.6 Å². The highest BCUT2D eigenvalue weighted by Gasteiger charge is 2.20. The van der Waals surface area contributed by atoms with Gasteiger partial charge in [0.25, 0.3) is 0 Å². The van der Waals surface area contributed by atoms with Gasteiger partial charge in [-0.05, 0) is 12.1 Å². The molecule has 0 saturated carbocycles. The van der Waals surface area contributed by atoms with E-state index in [0.717, 1.165) is 0 Å². The molecule has 2 rings (SSSR count). The third kappa shape index (κ3) is 1.90. The first-order valence-corrected chi connectivity index (χ1v) is 4.50. The number of aliphatic hydroxyl groups is 1. The van der Waals surface area contributed by atoms with Gasteiger partial charge in [-0.1, -0.05) is 6.08 Å². The molecule has 1 aliphatic rings. The summed E-state index contributed by atoms with van der Waals surface area (Å²) in [6, 6.07) is 1.52. The van der Waals surface area contributed by atoms with Crippen LogP contribution in [0.4, 0.5) is 5.82 Å². The number of nitrogens with zero attached hydrogens (tertiary/aromatic N) is 2. The maximum Gasteiger partial charge on any atom is 0.351 e. The van der Waals surface area contributed by atoms with E-state index in [1.54, 1.807) is 12.2 Å². The Labute approximate surface area is 85.6 Å². The molecule has 0 aliphatic carbocycles. The van der Waals surface area contributed by atoms with Crippen molar-refractivity contribution in [1.29, 1.82) is 0 Å². The fraction of sp³-hybridized carbons (Fsp3) is 0.333. The standard InChI is InChI=1S/C9H11N3O3/c10-7-3-4-12(9(14)11-7)8-2-1-6(5-13)15-8/h1-4,6,8,13H,5H2,(H2,10,11,14)/t6?,8-/m1/s1. The van der Waals surface area contributed by atoms with Crippen LogP contribution >= 0.6 is 0 Å². The summed E-state index contributed by atoms with van der Waals surface area (Å²) >= 11 is 0. The number of hydrogen-bond acceptors (Lipinski definition) is 5. The summed E-state index contributed by atoms with van der Waals surface area (Å²) in [4.78, 5) is 15.0. The van der Waals surface area contributed by atoms with Gasteiger partial charge in [-0.25, -0.2) is 4.79 Å². The maximum atomic E-state index is 11.4. The van der Waals surface area contributed by atoms with E-state index in [2.05, 4.69) is 4.98 Å². The molecule has 6 nitrogen and oxygen atoms in total. The Balaban J connectivity index is 2.25. The Bertz CT molecular complexity index is 440. The average molecular weight is 209 g/mol. The molecule has 15 heavy (non-hydrogen) atoms. The predicted octanol–water partition coefficient (Wildman–Crippen LogP) is -0.729. The molecular weight excluding hydrogens is 198 g/mol. The van der Waals surface area contributed by atoms with Gasteiger partial charge >= 0.3 is 5.69 Å². The van der Waals surface area contributed by atoms with Gasteiger partial charge in [0, 0.05) is 6.20 Å². The molecule has 0 bridgehead atoms. The molecule has 0 fully saturated rings. The monoisotopic (exact) mass is 209 g/mol. The molecule has 0 amide bonds. The van der Waals surface area contributed by atoms with Crippen LogP contribution < -0.4 is 11.4 Å². The summed E-state index contributed by atoms with van der Waals surface area (Å²) < 4.78 is 6.65. The summed E-state index contributed by atoms with van der Waals surface area (Å²) in [6.45, 7) is -0.107. The smallest absolute Gasteiger partial charge is 0.351 e. The van der Waals surface area contributed by atoms with Gasteiger partial charge in [0.2, 0.25) is 0 Å². The van der Waals surface area contributed by atoms with Crippen molar-refractivity contribution in [2.45, 2.75) is 12.3 Å². The highest BCUT2D eigenvalue weighted by atomic mass is 16.5. The molecule has 1 aliphatic heterocycles. The summed E-state index contributed by atoms with van der Waals surface area (Å²) in [5, 5.41) is 8.84. The van der Waals surface area contributed by atoms with Crippen LogP contribution in [0.15, 0.2) is 29.2 Å². The largest absolute Gasteiger partial charge is 0.393 e. The van der Waals surface area contributed by atoms with Crippen molar-refractivity contribution in [3.63, 3.8) is 0 Å². The molecule has 0 radical (unpaired) electrons. The lowest BCUT2D eigenvalue weighted by molar-refractivity contribution is -0.0102. The molecular formula is C9H11N3O3. The van der Waals surface area contributed by atoms with Crippen LogP contribution in [-0.2, 0) is 4.74 Å². The predicted molar refractivity (Wildman–Crippen MR) is 53.0 cm³/mol. The van der Waals surface area contributed by atoms with E-state index in [1.165, 1.54) is 16.8 Å². The molecule has 0 saturated heterocycles. The van der Waals surface area contributed by atoms with E-state index in [1.807, 2.05) is 0 Å². The second-order valence-electron chi connectivity index (χ2n) is 3.17. The quantitative estimate of drug-likeness (QED) is 0.627. The first-order chi connectivity index (χ1) is 7.20. The lowest BCUT2D eigenvalue weighted by atomic mass is 10.4. The zero-order valence-electron chi connectivity index (χ0n) is 7.91. The average Bonchev–Trinajstić information content (AvgIpc) is 2.66. The molecule has 0 spiro atoms. The van der Waals surface area contributed by atoms with Gasteiger partial charge in [0.15, 0.2) is 6.23 Å². The minimum absolute atomic E-state index is 0.107. The molecule has 1 aromatic rings. The van der Waals surface area contributed by atoms with Gasteiger partial charge in [-0.15, -0.1) is 0 Å². The fourth-order valence-corrected chi connectivity index (χ4v) is 1.37. The second-order valence-corrected chi connectivity index (χ2v) is 3.17.